The number of carbonyl (C=O) groups excluding carboxylic acids is 1. The molecule has 7 nitrogen and oxygen atoms in total. The Balaban J connectivity index is 1.40. The molecule has 1 aromatic rings. The average molecular weight is 464 g/mol. The van der Waals surface area contributed by atoms with Crippen molar-refractivity contribution in [3.8, 4) is 6.07 Å². The van der Waals surface area contributed by atoms with Gasteiger partial charge in [0.25, 0.3) is 0 Å². The first-order valence-corrected chi connectivity index (χ1v) is 13.6. The van der Waals surface area contributed by atoms with E-state index in [4.69, 9.17) is 10.00 Å². The lowest BCUT2D eigenvalue weighted by Crippen LogP contribution is -2.50. The fourth-order valence-corrected chi connectivity index (χ4v) is 7.32. The van der Waals surface area contributed by atoms with Crippen LogP contribution in [0.25, 0.3) is 0 Å². The van der Waals surface area contributed by atoms with E-state index in [-0.39, 0.29) is 28.9 Å². The Kier molecular flexibility index (Phi) is 7.22. The average Bonchev–Trinajstić information content (AvgIpc) is 3.51. The fourth-order valence-electron chi connectivity index (χ4n) is 4.62. The quantitative estimate of drug-likeness (QED) is 0.644. The fraction of sp³-hybridized carbons (Fsp3) is 0.636. The van der Waals surface area contributed by atoms with Gasteiger partial charge in [0.15, 0.2) is 0 Å². The van der Waals surface area contributed by atoms with Gasteiger partial charge in [-0.15, -0.1) is 0 Å². The zero-order valence-electron chi connectivity index (χ0n) is 17.6. The number of benzene rings is 1. The highest BCUT2D eigenvalue weighted by Crippen LogP contribution is 2.30. The van der Waals surface area contributed by atoms with Crippen LogP contribution in [-0.4, -0.2) is 73.4 Å². The number of nitriles is 1. The molecule has 9 heteroatoms. The molecule has 3 aliphatic rings. The molecule has 0 N–H and O–H groups in total. The molecule has 0 aliphatic carbocycles. The normalized spacial score (nSPS) is 25.4. The smallest absolute Gasteiger partial charge is 0.243 e. The van der Waals surface area contributed by atoms with Crippen LogP contribution in [0.2, 0.25) is 0 Å². The standard InChI is InChI=1S/C22H29N3O4S2/c23-14-17-3-5-21(6-4-17)31(27,28)24-10-7-18(8-11-24)22(26)25(19-9-13-30-16-19)15-20-2-1-12-29-20/h3-6,18-20H,1-2,7-13,15-16H2. The summed E-state index contributed by atoms with van der Waals surface area (Å²) in [5.74, 6) is 2.09. The maximum absolute atomic E-state index is 13.4. The molecular formula is C22H29N3O4S2. The predicted molar refractivity (Wildman–Crippen MR) is 119 cm³/mol. The molecule has 3 fully saturated rings. The second-order valence-corrected chi connectivity index (χ2v) is 11.5. The minimum Gasteiger partial charge on any atom is -0.376 e. The Labute approximate surface area is 188 Å². The van der Waals surface area contributed by atoms with Crippen LogP contribution in [0.4, 0.5) is 0 Å². The van der Waals surface area contributed by atoms with Crippen molar-refractivity contribution in [3.63, 3.8) is 0 Å². The summed E-state index contributed by atoms with van der Waals surface area (Å²) in [7, 11) is -3.61. The molecule has 3 saturated heterocycles. The SMILES string of the molecule is N#Cc1ccc(S(=O)(=O)N2CCC(C(=O)N(CC3CCCO3)C3CCSC3)CC2)cc1. The van der Waals surface area contributed by atoms with Crippen molar-refractivity contribution in [2.45, 2.75) is 49.1 Å². The minimum atomic E-state index is -3.61. The van der Waals surface area contributed by atoms with Gasteiger partial charge in [-0.2, -0.15) is 21.3 Å². The van der Waals surface area contributed by atoms with E-state index in [2.05, 4.69) is 0 Å². The molecule has 4 rings (SSSR count). The molecule has 2 atom stereocenters. The van der Waals surface area contributed by atoms with E-state index >= 15 is 0 Å². The maximum Gasteiger partial charge on any atom is 0.243 e. The van der Waals surface area contributed by atoms with Gasteiger partial charge in [-0.3, -0.25) is 4.79 Å². The molecule has 0 saturated carbocycles. The van der Waals surface area contributed by atoms with Crippen molar-refractivity contribution in [2.75, 3.05) is 37.7 Å². The lowest BCUT2D eigenvalue weighted by Gasteiger charge is -2.37. The zero-order valence-corrected chi connectivity index (χ0v) is 19.2. The topological polar surface area (TPSA) is 90.7 Å². The summed E-state index contributed by atoms with van der Waals surface area (Å²) in [4.78, 5) is 15.7. The van der Waals surface area contributed by atoms with Crippen molar-refractivity contribution < 1.29 is 17.9 Å². The first-order valence-electron chi connectivity index (χ1n) is 11.0. The van der Waals surface area contributed by atoms with Crippen molar-refractivity contribution in [1.29, 1.82) is 5.26 Å². The molecule has 1 aromatic carbocycles. The van der Waals surface area contributed by atoms with E-state index in [1.807, 2.05) is 22.7 Å². The number of hydrogen-bond donors (Lipinski definition) is 0. The highest BCUT2D eigenvalue weighted by Gasteiger charge is 2.37. The first-order chi connectivity index (χ1) is 15.0. The van der Waals surface area contributed by atoms with Crippen molar-refractivity contribution in [1.82, 2.24) is 9.21 Å². The highest BCUT2D eigenvalue weighted by molar-refractivity contribution is 7.99. The number of amides is 1. The van der Waals surface area contributed by atoms with E-state index in [1.54, 1.807) is 0 Å². The lowest BCUT2D eigenvalue weighted by atomic mass is 9.95. The second-order valence-electron chi connectivity index (χ2n) is 8.46. The summed E-state index contributed by atoms with van der Waals surface area (Å²) in [5, 5.41) is 8.92. The molecule has 0 aromatic heterocycles. The summed E-state index contributed by atoms with van der Waals surface area (Å²) in [6.07, 6.45) is 4.29. The van der Waals surface area contributed by atoms with Crippen LogP contribution in [0, 0.1) is 17.2 Å². The van der Waals surface area contributed by atoms with Crippen LogP contribution in [0.5, 0.6) is 0 Å². The number of ether oxygens (including phenoxy) is 1. The van der Waals surface area contributed by atoms with Gasteiger partial charge < -0.3 is 9.64 Å². The lowest BCUT2D eigenvalue weighted by molar-refractivity contribution is -0.140. The van der Waals surface area contributed by atoms with Crippen molar-refractivity contribution in [2.24, 2.45) is 5.92 Å². The van der Waals surface area contributed by atoms with Gasteiger partial charge in [0.05, 0.1) is 22.6 Å². The van der Waals surface area contributed by atoms with E-state index < -0.39 is 10.0 Å². The third-order valence-electron chi connectivity index (χ3n) is 6.48. The van der Waals surface area contributed by atoms with Gasteiger partial charge in [0.1, 0.15) is 0 Å². The van der Waals surface area contributed by atoms with E-state index in [0.29, 0.717) is 38.0 Å². The van der Waals surface area contributed by atoms with E-state index in [0.717, 1.165) is 37.4 Å². The Morgan fingerprint density at radius 1 is 1.19 bits per heavy atom. The van der Waals surface area contributed by atoms with Gasteiger partial charge in [-0.25, -0.2) is 8.42 Å². The number of hydrogen-bond acceptors (Lipinski definition) is 6. The molecule has 0 radical (unpaired) electrons. The summed E-state index contributed by atoms with van der Waals surface area (Å²) in [5.41, 5.74) is 0.430. The number of piperidine rings is 1. The summed E-state index contributed by atoms with van der Waals surface area (Å²) in [6.45, 7) is 2.11. The van der Waals surface area contributed by atoms with Crippen LogP contribution in [-0.2, 0) is 19.6 Å². The Morgan fingerprint density at radius 2 is 1.94 bits per heavy atom. The summed E-state index contributed by atoms with van der Waals surface area (Å²) < 4.78 is 33.2. The molecule has 168 valence electrons. The molecule has 3 heterocycles. The van der Waals surface area contributed by atoms with Gasteiger partial charge in [-0.05, 0) is 62.1 Å². The van der Waals surface area contributed by atoms with Gasteiger partial charge >= 0.3 is 0 Å². The Hall–Kier alpha value is -1.60. The van der Waals surface area contributed by atoms with Gasteiger partial charge in [-0.1, -0.05) is 0 Å². The molecule has 2 unspecified atom stereocenters. The van der Waals surface area contributed by atoms with E-state index in [9.17, 15) is 13.2 Å². The van der Waals surface area contributed by atoms with Crippen LogP contribution in [0.15, 0.2) is 29.2 Å². The molecule has 0 spiro atoms. The number of rotatable bonds is 6. The molecule has 0 bridgehead atoms. The monoisotopic (exact) mass is 463 g/mol. The third kappa shape index (κ3) is 5.08. The largest absolute Gasteiger partial charge is 0.376 e. The van der Waals surface area contributed by atoms with E-state index in [1.165, 1.54) is 28.6 Å². The minimum absolute atomic E-state index is 0.131. The second kappa shape index (κ2) is 9.90. The van der Waals surface area contributed by atoms with Crippen LogP contribution in [0.3, 0.4) is 0 Å². The number of nitrogens with zero attached hydrogens (tertiary/aromatic N) is 3. The van der Waals surface area contributed by atoms with Crippen LogP contribution < -0.4 is 0 Å². The predicted octanol–water partition coefficient (Wildman–Crippen LogP) is 2.47. The van der Waals surface area contributed by atoms with Crippen molar-refractivity contribution >= 4 is 27.7 Å². The first kappa shape index (κ1) is 22.6. The Morgan fingerprint density at radius 3 is 2.52 bits per heavy atom. The van der Waals surface area contributed by atoms with Crippen LogP contribution >= 0.6 is 11.8 Å². The van der Waals surface area contributed by atoms with Gasteiger partial charge in [0, 0.05) is 44.0 Å². The zero-order chi connectivity index (χ0) is 21.8. The number of sulfonamides is 1. The molecular weight excluding hydrogens is 434 g/mol. The molecule has 3 aliphatic heterocycles. The van der Waals surface area contributed by atoms with Gasteiger partial charge in [0.2, 0.25) is 15.9 Å². The Bertz CT molecular complexity index is 909. The van der Waals surface area contributed by atoms with Crippen LogP contribution in [0.1, 0.15) is 37.7 Å². The third-order valence-corrected chi connectivity index (χ3v) is 9.54. The number of carbonyl (C=O) groups is 1. The van der Waals surface area contributed by atoms with Crippen molar-refractivity contribution in [3.05, 3.63) is 29.8 Å². The number of thioether (sulfide) groups is 1. The highest BCUT2D eigenvalue weighted by atomic mass is 32.2. The summed E-state index contributed by atoms with van der Waals surface area (Å²) >= 11 is 1.89. The molecule has 31 heavy (non-hydrogen) atoms. The maximum atomic E-state index is 13.4. The summed E-state index contributed by atoms with van der Waals surface area (Å²) in [6, 6.07) is 8.26. The molecule has 1 amide bonds.